The average Bonchev–Trinajstić information content (AvgIpc) is 2.98. The summed E-state index contributed by atoms with van der Waals surface area (Å²) in [5, 5.41) is 7.22. The highest BCUT2D eigenvalue weighted by atomic mass is 16.5. The standard InChI is InChI=1S/C19H28N4O2/c1-14(2)17(24)23-10-8-19(13-23)18(20-9-11-25-3)22-16-7-5-4-6-15(16)12-21-19/h4-7,14,21H,8-13H2,1-3H3,(H,20,22)/t19-/m1/s1. The van der Waals surface area contributed by atoms with Crippen LogP contribution in [0.15, 0.2) is 29.3 Å². The van der Waals surface area contributed by atoms with Crippen LogP contribution in [0.4, 0.5) is 5.69 Å². The minimum absolute atomic E-state index is 0.0139. The van der Waals surface area contributed by atoms with Crippen molar-refractivity contribution in [3.63, 3.8) is 0 Å². The summed E-state index contributed by atoms with van der Waals surface area (Å²) in [6, 6.07) is 8.27. The van der Waals surface area contributed by atoms with E-state index in [1.165, 1.54) is 5.56 Å². The summed E-state index contributed by atoms with van der Waals surface area (Å²) in [6.07, 6.45) is 0.859. The first-order valence-corrected chi connectivity index (χ1v) is 8.98. The van der Waals surface area contributed by atoms with Gasteiger partial charge in [0.25, 0.3) is 0 Å². The molecule has 1 saturated heterocycles. The summed E-state index contributed by atoms with van der Waals surface area (Å²) in [4.78, 5) is 19.2. The molecule has 2 aliphatic rings. The number of benzene rings is 1. The number of methoxy groups -OCH3 is 1. The van der Waals surface area contributed by atoms with E-state index in [4.69, 9.17) is 9.73 Å². The van der Waals surface area contributed by atoms with Crippen molar-refractivity contribution in [1.29, 1.82) is 0 Å². The van der Waals surface area contributed by atoms with Gasteiger partial charge in [-0.2, -0.15) is 0 Å². The Morgan fingerprint density at radius 2 is 2.20 bits per heavy atom. The summed E-state index contributed by atoms with van der Waals surface area (Å²) in [6.45, 7) is 7.25. The molecule has 0 unspecified atom stereocenters. The first-order chi connectivity index (χ1) is 12.1. The zero-order valence-corrected chi connectivity index (χ0v) is 15.3. The molecule has 1 atom stereocenters. The Morgan fingerprint density at radius 1 is 1.40 bits per heavy atom. The normalized spacial score (nSPS) is 24.5. The van der Waals surface area contributed by atoms with Gasteiger partial charge in [-0.25, -0.2) is 0 Å². The van der Waals surface area contributed by atoms with E-state index in [0.29, 0.717) is 19.7 Å². The van der Waals surface area contributed by atoms with E-state index in [1.54, 1.807) is 7.11 Å². The number of hydrogen-bond donors (Lipinski definition) is 2. The van der Waals surface area contributed by atoms with Gasteiger partial charge in [0.15, 0.2) is 0 Å². The highest BCUT2D eigenvalue weighted by Crippen LogP contribution is 2.30. The summed E-state index contributed by atoms with van der Waals surface area (Å²) >= 11 is 0. The molecule has 6 nitrogen and oxygen atoms in total. The number of carbonyl (C=O) groups excluding carboxylic acids is 1. The molecular formula is C19H28N4O2. The van der Waals surface area contributed by atoms with Crippen molar-refractivity contribution >= 4 is 17.4 Å². The van der Waals surface area contributed by atoms with Crippen LogP contribution in [0.25, 0.3) is 0 Å². The van der Waals surface area contributed by atoms with E-state index in [-0.39, 0.29) is 17.4 Å². The average molecular weight is 344 g/mol. The minimum Gasteiger partial charge on any atom is -0.383 e. The Morgan fingerprint density at radius 3 is 2.96 bits per heavy atom. The van der Waals surface area contributed by atoms with Gasteiger partial charge in [-0.1, -0.05) is 32.0 Å². The molecule has 1 amide bonds. The summed E-state index contributed by atoms with van der Waals surface area (Å²) in [7, 11) is 1.68. The molecular weight excluding hydrogens is 316 g/mol. The lowest BCUT2D eigenvalue weighted by Gasteiger charge is -2.31. The number of anilines is 1. The number of hydrogen-bond acceptors (Lipinski definition) is 4. The number of para-hydroxylation sites is 1. The van der Waals surface area contributed by atoms with Crippen molar-refractivity contribution in [2.24, 2.45) is 10.9 Å². The van der Waals surface area contributed by atoms with Gasteiger partial charge in [0.05, 0.1) is 18.7 Å². The van der Waals surface area contributed by atoms with Crippen LogP contribution in [-0.4, -0.2) is 55.5 Å². The van der Waals surface area contributed by atoms with Crippen LogP contribution in [0.1, 0.15) is 25.8 Å². The Bertz CT molecular complexity index is 659. The molecule has 0 radical (unpaired) electrons. The Hall–Kier alpha value is -1.92. The highest BCUT2D eigenvalue weighted by Gasteiger charge is 2.45. The SMILES string of the molecule is COCCN=C1Nc2ccccc2CN[C@@]12CCN(C(=O)C(C)C)C2. The molecule has 3 rings (SSSR count). The Balaban J connectivity index is 1.88. The highest BCUT2D eigenvalue weighted by molar-refractivity contribution is 6.04. The number of nitrogens with one attached hydrogen (secondary N) is 2. The van der Waals surface area contributed by atoms with Gasteiger partial charge in [0, 0.05) is 38.3 Å². The number of ether oxygens (including phenoxy) is 1. The van der Waals surface area contributed by atoms with Crippen molar-refractivity contribution in [3.05, 3.63) is 29.8 Å². The maximum Gasteiger partial charge on any atom is 0.225 e. The smallest absolute Gasteiger partial charge is 0.225 e. The second kappa shape index (κ2) is 7.54. The monoisotopic (exact) mass is 344 g/mol. The van der Waals surface area contributed by atoms with E-state index in [2.05, 4.69) is 22.8 Å². The lowest BCUT2D eigenvalue weighted by Crippen LogP contribution is -2.55. The summed E-state index contributed by atoms with van der Waals surface area (Å²) in [5.74, 6) is 1.13. The minimum atomic E-state index is -0.322. The van der Waals surface area contributed by atoms with Crippen molar-refractivity contribution in [3.8, 4) is 0 Å². The molecule has 2 N–H and O–H groups in total. The van der Waals surface area contributed by atoms with Crippen LogP contribution < -0.4 is 10.6 Å². The molecule has 1 fully saturated rings. The molecule has 0 saturated carbocycles. The number of likely N-dealkylation sites (tertiary alicyclic amines) is 1. The molecule has 2 heterocycles. The van der Waals surface area contributed by atoms with Crippen molar-refractivity contribution < 1.29 is 9.53 Å². The number of amidine groups is 1. The number of fused-ring (bicyclic) bond motifs is 1. The van der Waals surface area contributed by atoms with Crippen molar-refractivity contribution in [1.82, 2.24) is 10.2 Å². The molecule has 136 valence electrons. The number of rotatable bonds is 4. The molecule has 0 aliphatic carbocycles. The number of nitrogens with zero attached hydrogens (tertiary/aromatic N) is 2. The quantitative estimate of drug-likeness (QED) is 0.819. The zero-order valence-electron chi connectivity index (χ0n) is 15.3. The summed E-state index contributed by atoms with van der Waals surface area (Å²) < 4.78 is 5.16. The molecule has 6 heteroatoms. The van der Waals surface area contributed by atoms with E-state index in [9.17, 15) is 4.79 Å². The van der Waals surface area contributed by atoms with Gasteiger partial charge in [-0.05, 0) is 18.1 Å². The van der Waals surface area contributed by atoms with Gasteiger partial charge >= 0.3 is 0 Å². The maximum absolute atomic E-state index is 12.5. The van der Waals surface area contributed by atoms with Gasteiger partial charge in [-0.15, -0.1) is 0 Å². The van der Waals surface area contributed by atoms with Gasteiger partial charge in [0.1, 0.15) is 5.84 Å². The third-order valence-corrected chi connectivity index (χ3v) is 4.98. The molecule has 0 bridgehead atoms. The number of amides is 1. The van der Waals surface area contributed by atoms with Crippen molar-refractivity contribution in [2.75, 3.05) is 38.7 Å². The van der Waals surface area contributed by atoms with Gasteiger partial charge in [-0.3, -0.25) is 15.1 Å². The fraction of sp³-hybridized carbons (Fsp3) is 0.579. The molecule has 1 spiro atoms. The van der Waals surface area contributed by atoms with Crippen LogP contribution >= 0.6 is 0 Å². The molecule has 1 aromatic carbocycles. The zero-order chi connectivity index (χ0) is 17.9. The predicted octanol–water partition coefficient (Wildman–Crippen LogP) is 1.87. The van der Waals surface area contributed by atoms with Crippen LogP contribution in [0.3, 0.4) is 0 Å². The lowest BCUT2D eigenvalue weighted by atomic mass is 9.96. The number of aliphatic imine (C=N–C) groups is 1. The third kappa shape index (κ3) is 3.70. The predicted molar refractivity (Wildman–Crippen MR) is 99.8 cm³/mol. The van der Waals surface area contributed by atoms with E-state index in [1.807, 2.05) is 30.9 Å². The molecule has 25 heavy (non-hydrogen) atoms. The lowest BCUT2D eigenvalue weighted by molar-refractivity contribution is -0.133. The van der Waals surface area contributed by atoms with Gasteiger partial charge in [0.2, 0.25) is 5.91 Å². The maximum atomic E-state index is 12.5. The topological polar surface area (TPSA) is 66.0 Å². The van der Waals surface area contributed by atoms with Crippen LogP contribution in [0.5, 0.6) is 0 Å². The second-order valence-electron chi connectivity index (χ2n) is 7.11. The summed E-state index contributed by atoms with van der Waals surface area (Å²) in [5.41, 5.74) is 1.97. The Labute approximate surface area is 149 Å². The molecule has 1 aromatic rings. The fourth-order valence-electron chi connectivity index (χ4n) is 3.53. The van der Waals surface area contributed by atoms with E-state index in [0.717, 1.165) is 31.0 Å². The van der Waals surface area contributed by atoms with Crippen LogP contribution in [-0.2, 0) is 16.1 Å². The molecule has 2 aliphatic heterocycles. The van der Waals surface area contributed by atoms with E-state index < -0.39 is 0 Å². The van der Waals surface area contributed by atoms with Crippen LogP contribution in [0.2, 0.25) is 0 Å². The largest absolute Gasteiger partial charge is 0.383 e. The fourth-order valence-corrected chi connectivity index (χ4v) is 3.53. The second-order valence-corrected chi connectivity index (χ2v) is 7.11. The van der Waals surface area contributed by atoms with E-state index >= 15 is 0 Å². The first-order valence-electron chi connectivity index (χ1n) is 8.98. The van der Waals surface area contributed by atoms with Crippen LogP contribution in [0, 0.1) is 5.92 Å². The third-order valence-electron chi connectivity index (χ3n) is 4.98. The molecule has 0 aromatic heterocycles. The van der Waals surface area contributed by atoms with Crippen molar-refractivity contribution in [2.45, 2.75) is 32.4 Å². The Kier molecular flexibility index (Phi) is 5.39. The number of carbonyl (C=O) groups is 1. The van der Waals surface area contributed by atoms with Gasteiger partial charge < -0.3 is 15.0 Å². The first kappa shape index (κ1) is 17.9.